The Morgan fingerprint density at radius 3 is 1.37 bits per heavy atom. The lowest BCUT2D eigenvalue weighted by atomic mass is 9.83. The monoisotopic (exact) mass is 544 g/mol. The first-order valence-electron chi connectivity index (χ1n) is 15.6. The summed E-state index contributed by atoms with van der Waals surface area (Å²) in [5.41, 5.74) is 8.85. The van der Waals surface area contributed by atoms with E-state index in [0.717, 1.165) is 46.7 Å². The van der Waals surface area contributed by atoms with Crippen molar-refractivity contribution in [3.8, 4) is 22.5 Å². The number of aromatic nitrogens is 4. The van der Waals surface area contributed by atoms with E-state index in [2.05, 4.69) is 88.4 Å². The molecule has 4 heteroatoms. The molecule has 0 N–H and O–H groups in total. The Balaban J connectivity index is 1.20. The lowest BCUT2D eigenvalue weighted by molar-refractivity contribution is 0.331. The minimum atomic E-state index is -0.360. The number of nitrogens with zero attached hydrogens (tertiary/aromatic N) is 4. The minimum absolute atomic E-state index is 0.360. The van der Waals surface area contributed by atoms with Crippen LogP contribution in [-0.4, -0.2) is 19.9 Å². The van der Waals surface area contributed by atoms with E-state index in [4.69, 9.17) is 19.9 Å². The standard InChI is InChI=1S/C37H44N4/c1-35(2,33-13-9-11-31(40-33)27-15-17-29(38-25-27)23-36(3)19-5-6-20-36)34-14-10-12-32(41-34)28-16-18-30(39-26-28)24-37(4)21-7-8-22-37/h9-18,25-26H,5-8,19-24H2,1-4H3. The van der Waals surface area contributed by atoms with Gasteiger partial charge in [0.05, 0.1) is 22.8 Å². The van der Waals surface area contributed by atoms with E-state index in [1.54, 1.807) is 0 Å². The van der Waals surface area contributed by atoms with Gasteiger partial charge in [0.15, 0.2) is 0 Å². The van der Waals surface area contributed by atoms with Gasteiger partial charge in [-0.25, -0.2) is 0 Å². The Hall–Kier alpha value is -3.40. The maximum absolute atomic E-state index is 5.11. The number of rotatable bonds is 8. The topological polar surface area (TPSA) is 51.6 Å². The van der Waals surface area contributed by atoms with Crippen LogP contribution in [0.15, 0.2) is 73.1 Å². The molecule has 4 aromatic heterocycles. The van der Waals surface area contributed by atoms with Gasteiger partial charge < -0.3 is 0 Å². The van der Waals surface area contributed by atoms with Crippen LogP contribution in [0.5, 0.6) is 0 Å². The summed E-state index contributed by atoms with van der Waals surface area (Å²) in [6.45, 7) is 9.24. The average molecular weight is 545 g/mol. The first-order chi connectivity index (χ1) is 19.7. The first kappa shape index (κ1) is 27.8. The van der Waals surface area contributed by atoms with E-state index >= 15 is 0 Å². The number of pyridine rings is 4. The summed E-state index contributed by atoms with van der Waals surface area (Å²) in [5.74, 6) is 0. The van der Waals surface area contributed by atoms with Crippen LogP contribution < -0.4 is 0 Å². The second-order valence-corrected chi connectivity index (χ2v) is 13.9. The second kappa shape index (κ2) is 11.1. The van der Waals surface area contributed by atoms with Gasteiger partial charge >= 0.3 is 0 Å². The van der Waals surface area contributed by atoms with Gasteiger partial charge in [0.1, 0.15) is 0 Å². The third-order valence-corrected chi connectivity index (χ3v) is 9.86. The Labute approximate surface area is 246 Å². The predicted molar refractivity (Wildman–Crippen MR) is 168 cm³/mol. The number of hydrogen-bond acceptors (Lipinski definition) is 4. The van der Waals surface area contributed by atoms with Crippen molar-refractivity contribution in [1.29, 1.82) is 0 Å². The molecular formula is C37H44N4. The molecule has 4 nitrogen and oxygen atoms in total. The van der Waals surface area contributed by atoms with Gasteiger partial charge in [0.2, 0.25) is 0 Å². The van der Waals surface area contributed by atoms with Gasteiger partial charge in [0.25, 0.3) is 0 Å². The lowest BCUT2D eigenvalue weighted by Crippen LogP contribution is -2.22. The van der Waals surface area contributed by atoms with Crippen LogP contribution in [0.4, 0.5) is 0 Å². The van der Waals surface area contributed by atoms with Crippen LogP contribution in [0.1, 0.15) is 102 Å². The van der Waals surface area contributed by atoms with Gasteiger partial charge in [-0.05, 0) is 112 Å². The maximum Gasteiger partial charge on any atom is 0.0721 e. The quantitative estimate of drug-likeness (QED) is 0.222. The molecule has 2 fully saturated rings. The molecule has 0 aromatic carbocycles. The van der Waals surface area contributed by atoms with Crippen molar-refractivity contribution in [3.05, 3.63) is 95.8 Å². The van der Waals surface area contributed by atoms with Crippen LogP contribution in [0.3, 0.4) is 0 Å². The molecule has 41 heavy (non-hydrogen) atoms. The third kappa shape index (κ3) is 6.12. The zero-order valence-electron chi connectivity index (χ0n) is 25.3. The van der Waals surface area contributed by atoms with Crippen LogP contribution >= 0.6 is 0 Å². The van der Waals surface area contributed by atoms with E-state index in [1.807, 2.05) is 12.4 Å². The molecule has 0 saturated heterocycles. The molecule has 0 amide bonds. The van der Waals surface area contributed by atoms with Crippen molar-refractivity contribution < 1.29 is 0 Å². The largest absolute Gasteiger partial charge is 0.261 e. The summed E-state index contributed by atoms with van der Waals surface area (Å²) < 4.78 is 0. The zero-order valence-corrected chi connectivity index (χ0v) is 25.3. The van der Waals surface area contributed by atoms with E-state index in [1.165, 1.54) is 62.8 Å². The average Bonchev–Trinajstić information content (AvgIpc) is 3.62. The highest BCUT2D eigenvalue weighted by Crippen LogP contribution is 2.41. The fourth-order valence-electron chi connectivity index (χ4n) is 7.06. The molecule has 0 unspecified atom stereocenters. The molecular weight excluding hydrogens is 500 g/mol. The predicted octanol–water partition coefficient (Wildman–Crippen LogP) is 9.17. The SMILES string of the molecule is CC1(Cc2ccc(-c3cccc(C(C)(C)c4cccc(-c5ccc(CC6(C)CCCC6)nc5)n4)n3)cn2)CCCC1. The third-order valence-electron chi connectivity index (χ3n) is 9.86. The van der Waals surface area contributed by atoms with E-state index in [-0.39, 0.29) is 5.41 Å². The lowest BCUT2D eigenvalue weighted by Gasteiger charge is -2.25. The maximum atomic E-state index is 5.11. The van der Waals surface area contributed by atoms with Crippen molar-refractivity contribution >= 4 is 0 Å². The summed E-state index contributed by atoms with van der Waals surface area (Å²) in [4.78, 5) is 19.9. The van der Waals surface area contributed by atoms with Crippen LogP contribution in [0.25, 0.3) is 22.5 Å². The van der Waals surface area contributed by atoms with Gasteiger partial charge in [-0.15, -0.1) is 0 Å². The fraction of sp³-hybridized carbons (Fsp3) is 0.459. The summed E-state index contributed by atoms with van der Waals surface area (Å²) in [6.07, 6.45) is 16.8. The van der Waals surface area contributed by atoms with Crippen molar-refractivity contribution in [2.75, 3.05) is 0 Å². The van der Waals surface area contributed by atoms with E-state index < -0.39 is 0 Å². The van der Waals surface area contributed by atoms with Crippen LogP contribution in [0, 0.1) is 10.8 Å². The molecule has 2 aliphatic carbocycles. The first-order valence-corrected chi connectivity index (χ1v) is 15.6. The van der Waals surface area contributed by atoms with Gasteiger partial charge in [-0.2, -0.15) is 0 Å². The highest BCUT2D eigenvalue weighted by molar-refractivity contribution is 5.60. The Morgan fingerprint density at radius 2 is 1.00 bits per heavy atom. The molecule has 0 spiro atoms. The molecule has 2 saturated carbocycles. The highest BCUT2D eigenvalue weighted by atomic mass is 14.8. The zero-order chi connectivity index (χ0) is 28.5. The van der Waals surface area contributed by atoms with Gasteiger partial charge in [-0.3, -0.25) is 19.9 Å². The van der Waals surface area contributed by atoms with Crippen molar-refractivity contribution in [2.45, 2.75) is 97.3 Å². The molecule has 4 aromatic rings. The summed E-state index contributed by atoms with van der Waals surface area (Å²) >= 11 is 0. The highest BCUT2D eigenvalue weighted by Gasteiger charge is 2.31. The van der Waals surface area contributed by atoms with Gasteiger partial charge in [-0.1, -0.05) is 51.7 Å². The van der Waals surface area contributed by atoms with Crippen molar-refractivity contribution in [1.82, 2.24) is 19.9 Å². The second-order valence-electron chi connectivity index (χ2n) is 13.9. The normalized spacial score (nSPS) is 18.0. The Bertz CT molecular complexity index is 1360. The smallest absolute Gasteiger partial charge is 0.0721 e. The fourth-order valence-corrected chi connectivity index (χ4v) is 7.06. The molecule has 2 aliphatic rings. The van der Waals surface area contributed by atoms with Crippen molar-refractivity contribution in [3.63, 3.8) is 0 Å². The summed E-state index contributed by atoms with van der Waals surface area (Å²) in [7, 11) is 0. The molecule has 0 aliphatic heterocycles. The Morgan fingerprint density at radius 1 is 0.585 bits per heavy atom. The Kier molecular flexibility index (Phi) is 7.52. The molecule has 0 atom stereocenters. The van der Waals surface area contributed by atoms with Crippen LogP contribution in [0.2, 0.25) is 0 Å². The molecule has 0 bridgehead atoms. The molecule has 212 valence electrons. The van der Waals surface area contributed by atoms with E-state index in [0.29, 0.717) is 10.8 Å². The summed E-state index contributed by atoms with van der Waals surface area (Å²) in [5, 5.41) is 0. The van der Waals surface area contributed by atoms with E-state index in [9.17, 15) is 0 Å². The van der Waals surface area contributed by atoms with Crippen molar-refractivity contribution in [2.24, 2.45) is 10.8 Å². The molecule has 4 heterocycles. The number of hydrogen-bond donors (Lipinski definition) is 0. The summed E-state index contributed by atoms with van der Waals surface area (Å²) in [6, 6.07) is 21.3. The minimum Gasteiger partial charge on any atom is -0.261 e. The molecule has 6 rings (SSSR count). The molecule has 0 radical (unpaired) electrons. The van der Waals surface area contributed by atoms with Gasteiger partial charge in [0, 0.05) is 40.3 Å². The van der Waals surface area contributed by atoms with Crippen LogP contribution in [-0.2, 0) is 18.3 Å².